The van der Waals surface area contributed by atoms with Crippen LogP contribution in [-0.4, -0.2) is 79.1 Å². The highest BCUT2D eigenvalue weighted by Gasteiger charge is 2.93. The number of carbonyl (C=O) groups excluding carboxylic acids is 1. The minimum atomic E-state index is -8.81. The average Bonchev–Trinajstić information content (AvgIpc) is 2.67. The van der Waals surface area contributed by atoms with Crippen molar-refractivity contribution in [3.8, 4) is 0 Å². The monoisotopic (exact) mass is 626 g/mol. The van der Waals surface area contributed by atoms with Crippen LogP contribution in [0, 0.1) is 0 Å². The Kier molecular flexibility index (Phi) is 9.15. The van der Waals surface area contributed by atoms with Crippen LogP contribution in [0.1, 0.15) is 0 Å². The number of halogens is 22. The van der Waals surface area contributed by atoms with E-state index in [-0.39, 0.29) is 0 Å². The second-order valence-electron chi connectivity index (χ2n) is 6.62. The Morgan fingerprint density at radius 2 is 0.842 bits per heavy atom. The third-order valence-electron chi connectivity index (χ3n) is 3.91. The van der Waals surface area contributed by atoms with Crippen LogP contribution in [0.5, 0.6) is 0 Å². The summed E-state index contributed by atoms with van der Waals surface area (Å²) < 4.78 is 287. The SMILES string of the molecule is O=C(OCC(F)(F)C(F)(F)C(F)(F)C(F)(F)C(F)(F)C(F)(F)C(F)(F)C(F)F)OC(C(F)(F)F)C(F)(F)F. The van der Waals surface area contributed by atoms with Crippen LogP contribution in [-0.2, 0) is 9.47 Å². The molecule has 0 aliphatic heterocycles. The molecule has 0 unspecified atom stereocenters. The zero-order valence-corrected chi connectivity index (χ0v) is 16.4. The molecule has 0 bridgehead atoms. The van der Waals surface area contributed by atoms with Crippen LogP contribution in [0.2, 0.25) is 0 Å². The van der Waals surface area contributed by atoms with Crippen LogP contribution < -0.4 is 0 Å². The van der Waals surface area contributed by atoms with Gasteiger partial charge in [0.25, 0.3) is 6.10 Å². The Morgan fingerprint density at radius 1 is 0.526 bits per heavy atom. The fourth-order valence-electron chi connectivity index (χ4n) is 1.86. The highest BCUT2D eigenvalue weighted by Crippen LogP contribution is 2.62. The van der Waals surface area contributed by atoms with Gasteiger partial charge >= 0.3 is 66.4 Å². The molecule has 3 nitrogen and oxygen atoms in total. The maximum absolute atomic E-state index is 13.5. The van der Waals surface area contributed by atoms with E-state index in [2.05, 4.69) is 9.47 Å². The highest BCUT2D eigenvalue weighted by molar-refractivity contribution is 5.60. The van der Waals surface area contributed by atoms with E-state index in [9.17, 15) is 101 Å². The maximum atomic E-state index is 13.5. The quantitative estimate of drug-likeness (QED) is 0.188. The summed E-state index contributed by atoms with van der Waals surface area (Å²) in [6, 6.07) is 0. The van der Waals surface area contributed by atoms with Gasteiger partial charge in [0, 0.05) is 0 Å². The van der Waals surface area contributed by atoms with Gasteiger partial charge in [-0.3, -0.25) is 0 Å². The summed E-state index contributed by atoms with van der Waals surface area (Å²) in [5, 5.41) is 0. The lowest BCUT2D eigenvalue weighted by Gasteiger charge is -2.42. The van der Waals surface area contributed by atoms with Gasteiger partial charge in [-0.25, -0.2) is 13.6 Å². The largest absolute Gasteiger partial charge is 0.509 e. The van der Waals surface area contributed by atoms with Crippen molar-refractivity contribution in [1.29, 1.82) is 0 Å². The normalized spacial score (nSPS) is 15.8. The van der Waals surface area contributed by atoms with Crippen LogP contribution >= 0.6 is 0 Å². The fraction of sp³-hybridized carbons (Fsp3) is 0.923. The lowest BCUT2D eigenvalue weighted by Crippen LogP contribution is -2.74. The first-order valence-corrected chi connectivity index (χ1v) is 8.07. The van der Waals surface area contributed by atoms with E-state index < -0.39 is 79.1 Å². The Morgan fingerprint density at radius 3 is 1.16 bits per heavy atom. The molecule has 0 heterocycles. The Bertz CT molecular complexity index is 824. The van der Waals surface area contributed by atoms with Crippen molar-refractivity contribution in [2.75, 3.05) is 6.61 Å². The summed E-state index contributed by atoms with van der Waals surface area (Å²) in [6.07, 6.45) is -28.3. The number of hydrogen-bond donors (Lipinski definition) is 0. The van der Waals surface area contributed by atoms with E-state index in [4.69, 9.17) is 0 Å². The van der Waals surface area contributed by atoms with Crippen molar-refractivity contribution in [2.24, 2.45) is 0 Å². The number of ether oxygens (including phenoxy) is 2. The maximum Gasteiger partial charge on any atom is 0.509 e. The molecule has 0 saturated heterocycles. The number of hydrogen-bond acceptors (Lipinski definition) is 3. The third kappa shape index (κ3) is 5.68. The molecule has 0 aromatic rings. The predicted octanol–water partition coefficient (Wildman–Crippen LogP) is 7.35. The van der Waals surface area contributed by atoms with E-state index in [0.717, 1.165) is 0 Å². The highest BCUT2D eigenvalue weighted by atomic mass is 19.4. The first-order chi connectivity index (χ1) is 16.2. The molecule has 0 rings (SSSR count). The van der Waals surface area contributed by atoms with Gasteiger partial charge < -0.3 is 9.47 Å². The van der Waals surface area contributed by atoms with Crippen molar-refractivity contribution in [2.45, 2.75) is 66.3 Å². The standard InChI is InChI=1S/C13H4F22O3/c14-3(15)6(18,19)10(28,29)12(32,33)13(34,35)11(30,31)9(26,27)5(16,17)1-37-4(36)38-2(7(20,21)22)8(23,24)25/h2-3H,1H2. The smallest absolute Gasteiger partial charge is 0.428 e. The average molecular weight is 626 g/mol. The Balaban J connectivity index is 6.25. The molecule has 0 aliphatic carbocycles. The number of rotatable bonds is 10. The molecule has 0 saturated carbocycles. The summed E-state index contributed by atoms with van der Waals surface area (Å²) >= 11 is 0. The van der Waals surface area contributed by atoms with Gasteiger partial charge in [0.05, 0.1) is 0 Å². The van der Waals surface area contributed by atoms with Crippen molar-refractivity contribution < 1.29 is 111 Å². The Labute approximate surface area is 191 Å². The summed E-state index contributed by atoms with van der Waals surface area (Å²) in [5.41, 5.74) is 0. The lowest BCUT2D eigenvalue weighted by molar-refractivity contribution is -0.447. The van der Waals surface area contributed by atoms with Gasteiger partial charge in [-0.1, -0.05) is 0 Å². The van der Waals surface area contributed by atoms with Crippen LogP contribution in [0.4, 0.5) is 101 Å². The molecule has 0 aromatic heterocycles. The third-order valence-corrected chi connectivity index (χ3v) is 3.91. The molecule has 0 radical (unpaired) electrons. The van der Waals surface area contributed by atoms with Gasteiger partial charge in [0.1, 0.15) is 0 Å². The van der Waals surface area contributed by atoms with Gasteiger partial charge in [-0.15, -0.1) is 0 Å². The van der Waals surface area contributed by atoms with Crippen molar-refractivity contribution in [3.05, 3.63) is 0 Å². The second kappa shape index (κ2) is 9.73. The van der Waals surface area contributed by atoms with Crippen molar-refractivity contribution in [3.63, 3.8) is 0 Å². The number of alkyl halides is 22. The minimum Gasteiger partial charge on any atom is -0.428 e. The lowest BCUT2D eigenvalue weighted by atomic mass is 9.89. The molecule has 0 aromatic carbocycles. The molecule has 0 fully saturated rings. The molecule has 0 amide bonds. The molecular formula is C13H4F22O3. The van der Waals surface area contributed by atoms with E-state index in [1.165, 1.54) is 0 Å². The van der Waals surface area contributed by atoms with Crippen LogP contribution in [0.15, 0.2) is 0 Å². The van der Waals surface area contributed by atoms with E-state index >= 15 is 0 Å². The topological polar surface area (TPSA) is 35.5 Å². The van der Waals surface area contributed by atoms with Crippen LogP contribution in [0.25, 0.3) is 0 Å². The predicted molar refractivity (Wildman–Crippen MR) is 69.0 cm³/mol. The van der Waals surface area contributed by atoms with E-state index in [0.29, 0.717) is 0 Å². The first-order valence-electron chi connectivity index (χ1n) is 8.07. The van der Waals surface area contributed by atoms with Crippen LogP contribution in [0.3, 0.4) is 0 Å². The number of carbonyl (C=O) groups is 1. The van der Waals surface area contributed by atoms with Gasteiger partial charge in [0.15, 0.2) is 6.61 Å². The van der Waals surface area contributed by atoms with Crippen molar-refractivity contribution >= 4 is 6.16 Å². The molecule has 0 spiro atoms. The van der Waals surface area contributed by atoms with Gasteiger partial charge in [0.2, 0.25) is 0 Å². The van der Waals surface area contributed by atoms with Gasteiger partial charge in [-0.05, 0) is 0 Å². The summed E-state index contributed by atoms with van der Waals surface area (Å²) in [6.45, 7) is -4.03. The molecule has 0 N–H and O–H groups in total. The molecule has 25 heteroatoms. The molecule has 38 heavy (non-hydrogen) atoms. The molecule has 228 valence electrons. The molecule has 0 aliphatic rings. The fourth-order valence-corrected chi connectivity index (χ4v) is 1.86. The zero-order chi connectivity index (χ0) is 31.4. The summed E-state index contributed by atoms with van der Waals surface area (Å²) in [5.74, 6) is -57.9. The molecular weight excluding hydrogens is 622 g/mol. The zero-order valence-electron chi connectivity index (χ0n) is 16.4. The van der Waals surface area contributed by atoms with E-state index in [1.807, 2.05) is 0 Å². The van der Waals surface area contributed by atoms with Crippen molar-refractivity contribution in [1.82, 2.24) is 0 Å². The summed E-state index contributed by atoms with van der Waals surface area (Å²) in [4.78, 5) is 10.7. The minimum absolute atomic E-state index is 2.40. The van der Waals surface area contributed by atoms with Gasteiger partial charge in [-0.2, -0.15) is 87.8 Å². The van der Waals surface area contributed by atoms with E-state index in [1.54, 1.807) is 0 Å². The molecule has 0 atom stereocenters. The summed E-state index contributed by atoms with van der Waals surface area (Å²) in [7, 11) is 0. The first kappa shape index (κ1) is 35.7. The Hall–Kier alpha value is -2.27. The second-order valence-corrected chi connectivity index (χ2v) is 6.62.